The zero-order chi connectivity index (χ0) is 12.4. The minimum absolute atomic E-state index is 0.0583. The maximum absolute atomic E-state index is 10.6. The van der Waals surface area contributed by atoms with Gasteiger partial charge in [0.05, 0.1) is 13.5 Å². The number of ether oxygens (including phenoxy) is 1. The van der Waals surface area contributed by atoms with E-state index in [0.717, 1.165) is 5.52 Å². The van der Waals surface area contributed by atoms with Gasteiger partial charge in [-0.25, -0.2) is 4.98 Å². The molecule has 1 N–H and O–H groups in total. The molecule has 17 heavy (non-hydrogen) atoms. The van der Waals surface area contributed by atoms with Gasteiger partial charge in [-0.15, -0.1) is 0 Å². The van der Waals surface area contributed by atoms with Crippen LogP contribution in [0.5, 0.6) is 5.75 Å². The molecule has 0 spiro atoms. The fourth-order valence-corrected chi connectivity index (χ4v) is 2.28. The van der Waals surface area contributed by atoms with E-state index in [1.54, 1.807) is 7.11 Å². The Morgan fingerprint density at radius 2 is 2.41 bits per heavy atom. The molecule has 5 nitrogen and oxygen atoms in total. The fraction of sp³-hybridized carbons (Fsp3) is 0.273. The van der Waals surface area contributed by atoms with Gasteiger partial charge in [-0.3, -0.25) is 9.20 Å². The lowest BCUT2D eigenvalue weighted by Crippen LogP contribution is -2.01. The highest BCUT2D eigenvalue weighted by atomic mass is 79.9. The predicted molar refractivity (Wildman–Crippen MR) is 65.4 cm³/mol. The second-order valence-corrected chi connectivity index (χ2v) is 4.26. The molecule has 0 saturated carbocycles. The van der Waals surface area contributed by atoms with Crippen LogP contribution in [0.1, 0.15) is 12.2 Å². The van der Waals surface area contributed by atoms with Gasteiger partial charge >= 0.3 is 5.97 Å². The van der Waals surface area contributed by atoms with Crippen molar-refractivity contribution in [3.8, 4) is 5.75 Å². The summed E-state index contributed by atoms with van der Waals surface area (Å²) in [7, 11) is 1.59. The molecule has 0 aromatic carbocycles. The summed E-state index contributed by atoms with van der Waals surface area (Å²) in [6.45, 7) is 0. The van der Waals surface area contributed by atoms with Gasteiger partial charge in [0, 0.05) is 12.6 Å². The number of rotatable bonds is 4. The first-order chi connectivity index (χ1) is 8.13. The summed E-state index contributed by atoms with van der Waals surface area (Å²) in [5.74, 6) is 0.572. The highest BCUT2D eigenvalue weighted by Gasteiger charge is 2.13. The van der Waals surface area contributed by atoms with Crippen molar-refractivity contribution in [1.82, 2.24) is 9.38 Å². The number of aromatic nitrogens is 2. The van der Waals surface area contributed by atoms with Gasteiger partial charge in [-0.2, -0.15) is 0 Å². The molecule has 0 aliphatic heterocycles. The zero-order valence-electron chi connectivity index (χ0n) is 9.18. The average molecular weight is 299 g/mol. The number of hydrogen-bond donors (Lipinski definition) is 1. The molecule has 2 aromatic heterocycles. The van der Waals surface area contributed by atoms with Crippen molar-refractivity contribution in [3.63, 3.8) is 0 Å². The van der Waals surface area contributed by atoms with Gasteiger partial charge in [0.25, 0.3) is 0 Å². The molecule has 0 fully saturated rings. The number of imidazole rings is 1. The normalized spacial score (nSPS) is 10.7. The van der Waals surface area contributed by atoms with Crippen LogP contribution < -0.4 is 4.74 Å². The van der Waals surface area contributed by atoms with Crippen molar-refractivity contribution < 1.29 is 14.6 Å². The van der Waals surface area contributed by atoms with Crippen LogP contribution in [0.15, 0.2) is 22.9 Å². The van der Waals surface area contributed by atoms with Crippen molar-refractivity contribution in [3.05, 3.63) is 28.8 Å². The third-order valence-corrected chi connectivity index (χ3v) is 2.99. The first-order valence-electron chi connectivity index (χ1n) is 5.04. The number of hydrogen-bond acceptors (Lipinski definition) is 3. The molecular formula is C11H11BrN2O3. The Kier molecular flexibility index (Phi) is 3.33. The number of nitrogens with zero attached hydrogens (tertiary/aromatic N) is 2. The highest BCUT2D eigenvalue weighted by Crippen LogP contribution is 2.28. The Morgan fingerprint density at radius 3 is 3.06 bits per heavy atom. The Morgan fingerprint density at radius 1 is 1.65 bits per heavy atom. The van der Waals surface area contributed by atoms with E-state index in [1.165, 1.54) is 0 Å². The molecule has 6 heteroatoms. The maximum Gasteiger partial charge on any atom is 0.303 e. The topological polar surface area (TPSA) is 63.8 Å². The van der Waals surface area contributed by atoms with Crippen LogP contribution in [0.2, 0.25) is 0 Å². The first-order valence-corrected chi connectivity index (χ1v) is 5.84. The molecule has 0 radical (unpaired) electrons. The Hall–Kier alpha value is -1.56. The zero-order valence-corrected chi connectivity index (χ0v) is 10.8. The van der Waals surface area contributed by atoms with Crippen LogP contribution in [-0.2, 0) is 11.2 Å². The van der Waals surface area contributed by atoms with Gasteiger partial charge in [0.1, 0.15) is 21.7 Å². The summed E-state index contributed by atoms with van der Waals surface area (Å²) in [5.41, 5.74) is 0.815. The lowest BCUT2D eigenvalue weighted by atomic mass is 10.3. The van der Waals surface area contributed by atoms with Crippen LogP contribution in [0.3, 0.4) is 0 Å². The predicted octanol–water partition coefficient (Wildman–Crippen LogP) is 2.12. The van der Waals surface area contributed by atoms with Crippen molar-refractivity contribution in [1.29, 1.82) is 0 Å². The van der Waals surface area contributed by atoms with Gasteiger partial charge in [0.15, 0.2) is 0 Å². The molecule has 0 saturated heterocycles. The standard InChI is InChI=1S/C11H11BrN2O3/c1-17-7-3-2-6-14-8(4-5-9(15)16)13-11(12)10(7)14/h2-3,6H,4-5H2,1H3,(H,15,16). The number of aryl methyl sites for hydroxylation is 1. The molecule has 0 bridgehead atoms. The number of carboxylic acids is 1. The summed E-state index contributed by atoms with van der Waals surface area (Å²) in [5, 5.41) is 8.68. The molecule has 2 aromatic rings. The molecule has 0 aliphatic carbocycles. The van der Waals surface area contributed by atoms with E-state index in [9.17, 15) is 4.79 Å². The van der Waals surface area contributed by atoms with Gasteiger partial charge in [0.2, 0.25) is 0 Å². The number of pyridine rings is 1. The second-order valence-electron chi connectivity index (χ2n) is 3.51. The van der Waals surface area contributed by atoms with Crippen molar-refractivity contribution in [2.75, 3.05) is 7.11 Å². The Labute approximate surface area is 106 Å². The maximum atomic E-state index is 10.6. The molecule has 2 heterocycles. The smallest absolute Gasteiger partial charge is 0.303 e. The average Bonchev–Trinajstić information content (AvgIpc) is 2.64. The Balaban J connectivity index is 2.48. The third-order valence-electron chi connectivity index (χ3n) is 2.44. The third kappa shape index (κ3) is 2.26. The van der Waals surface area contributed by atoms with Gasteiger partial charge in [-0.1, -0.05) is 0 Å². The van der Waals surface area contributed by atoms with Gasteiger partial charge in [-0.05, 0) is 28.1 Å². The summed E-state index contributed by atoms with van der Waals surface area (Å²) in [4.78, 5) is 14.9. The van der Waals surface area contributed by atoms with Crippen molar-refractivity contribution in [2.24, 2.45) is 0 Å². The van der Waals surface area contributed by atoms with Crippen LogP contribution in [-0.4, -0.2) is 27.6 Å². The van der Waals surface area contributed by atoms with E-state index in [0.29, 0.717) is 22.6 Å². The van der Waals surface area contributed by atoms with E-state index in [-0.39, 0.29) is 6.42 Å². The fourth-order valence-electron chi connectivity index (χ4n) is 1.68. The number of fused-ring (bicyclic) bond motifs is 1. The summed E-state index contributed by atoms with van der Waals surface area (Å²) < 4.78 is 7.74. The minimum Gasteiger partial charge on any atom is -0.494 e. The summed E-state index contributed by atoms with van der Waals surface area (Å²) >= 11 is 3.36. The SMILES string of the molecule is COc1cccn2c(CCC(=O)O)nc(Br)c12. The van der Waals surface area contributed by atoms with E-state index >= 15 is 0 Å². The number of methoxy groups -OCH3 is 1. The van der Waals surface area contributed by atoms with E-state index < -0.39 is 5.97 Å². The molecule has 90 valence electrons. The second kappa shape index (κ2) is 4.75. The van der Waals surface area contributed by atoms with Crippen LogP contribution in [0.4, 0.5) is 0 Å². The highest BCUT2D eigenvalue weighted by molar-refractivity contribution is 9.10. The van der Waals surface area contributed by atoms with Crippen molar-refractivity contribution in [2.45, 2.75) is 12.8 Å². The minimum atomic E-state index is -0.833. The lowest BCUT2D eigenvalue weighted by molar-refractivity contribution is -0.137. The van der Waals surface area contributed by atoms with Crippen LogP contribution >= 0.6 is 15.9 Å². The molecule has 0 aliphatic rings. The number of halogens is 1. The monoisotopic (exact) mass is 298 g/mol. The molecular weight excluding hydrogens is 288 g/mol. The largest absolute Gasteiger partial charge is 0.494 e. The number of aliphatic carboxylic acids is 1. The molecule has 0 atom stereocenters. The van der Waals surface area contributed by atoms with Gasteiger partial charge < -0.3 is 9.84 Å². The summed E-state index contributed by atoms with van der Waals surface area (Å²) in [6, 6.07) is 3.67. The summed E-state index contributed by atoms with van der Waals surface area (Å²) in [6.07, 6.45) is 2.28. The van der Waals surface area contributed by atoms with E-state index in [1.807, 2.05) is 22.7 Å². The van der Waals surface area contributed by atoms with Crippen LogP contribution in [0, 0.1) is 0 Å². The number of carbonyl (C=O) groups is 1. The lowest BCUT2D eigenvalue weighted by Gasteiger charge is -2.04. The Bertz CT molecular complexity index is 565. The van der Waals surface area contributed by atoms with E-state index in [4.69, 9.17) is 9.84 Å². The van der Waals surface area contributed by atoms with Crippen molar-refractivity contribution >= 4 is 27.4 Å². The molecule has 2 rings (SSSR count). The quantitative estimate of drug-likeness (QED) is 0.939. The van der Waals surface area contributed by atoms with E-state index in [2.05, 4.69) is 20.9 Å². The molecule has 0 amide bonds. The van der Waals surface area contributed by atoms with Crippen LogP contribution in [0.25, 0.3) is 5.52 Å². The number of carboxylic acid groups (broad SMARTS) is 1. The molecule has 0 unspecified atom stereocenters. The first kappa shape index (κ1) is 11.9.